The number of rotatable bonds is 11. The molecule has 1 heterocycles. The summed E-state index contributed by atoms with van der Waals surface area (Å²) >= 11 is 0. The molecule has 1 aromatic rings. The number of aromatic nitrogens is 2. The second-order valence-corrected chi connectivity index (χ2v) is 5.55. The van der Waals surface area contributed by atoms with Gasteiger partial charge in [-0.2, -0.15) is 0 Å². The summed E-state index contributed by atoms with van der Waals surface area (Å²) < 4.78 is 0. The summed E-state index contributed by atoms with van der Waals surface area (Å²) in [5.41, 5.74) is 1.08. The van der Waals surface area contributed by atoms with Gasteiger partial charge in [0.05, 0.1) is 0 Å². The minimum Gasteiger partial charge on any atom is -0.241 e. The quantitative estimate of drug-likeness (QED) is 0.509. The summed E-state index contributed by atoms with van der Waals surface area (Å²) in [5.74, 6) is 1.01. The van der Waals surface area contributed by atoms with Gasteiger partial charge >= 0.3 is 0 Å². The Balaban J connectivity index is 1.89. The Labute approximate surface area is 119 Å². The van der Waals surface area contributed by atoms with Crippen molar-refractivity contribution in [3.05, 3.63) is 23.8 Å². The molecule has 108 valence electrons. The number of hydrogen-bond acceptors (Lipinski definition) is 2. The van der Waals surface area contributed by atoms with Crippen molar-refractivity contribution in [2.75, 3.05) is 0 Å². The fraction of sp³-hybridized carbons (Fsp3) is 0.765. The SMILES string of the molecule is CCCCCCCCCCCCc1nccc(C)n1. The van der Waals surface area contributed by atoms with Crippen molar-refractivity contribution >= 4 is 0 Å². The second-order valence-electron chi connectivity index (χ2n) is 5.55. The van der Waals surface area contributed by atoms with Crippen LogP contribution in [0, 0.1) is 6.92 Å². The standard InChI is InChI=1S/C17H30N2/c1-3-4-5-6-7-8-9-10-11-12-13-17-18-15-14-16(2)19-17/h14-15H,3-13H2,1-2H3. The van der Waals surface area contributed by atoms with E-state index in [0.29, 0.717) is 0 Å². The van der Waals surface area contributed by atoms with Gasteiger partial charge in [0.2, 0.25) is 0 Å². The average Bonchev–Trinajstić information content (AvgIpc) is 2.41. The van der Waals surface area contributed by atoms with Crippen molar-refractivity contribution in [1.82, 2.24) is 9.97 Å². The van der Waals surface area contributed by atoms with Gasteiger partial charge in [0.1, 0.15) is 5.82 Å². The fourth-order valence-corrected chi connectivity index (χ4v) is 2.39. The third-order valence-electron chi connectivity index (χ3n) is 3.60. The average molecular weight is 262 g/mol. The molecule has 0 bridgehead atoms. The first-order valence-corrected chi connectivity index (χ1v) is 8.11. The number of aryl methyl sites for hydroxylation is 2. The number of nitrogens with zero attached hydrogens (tertiary/aromatic N) is 2. The van der Waals surface area contributed by atoms with E-state index in [9.17, 15) is 0 Å². The molecule has 0 aromatic carbocycles. The van der Waals surface area contributed by atoms with E-state index in [-0.39, 0.29) is 0 Å². The second kappa shape index (κ2) is 11.0. The molecule has 0 amide bonds. The fourth-order valence-electron chi connectivity index (χ4n) is 2.39. The zero-order chi connectivity index (χ0) is 13.8. The van der Waals surface area contributed by atoms with Crippen LogP contribution in [0.15, 0.2) is 12.3 Å². The van der Waals surface area contributed by atoms with E-state index in [1.54, 1.807) is 0 Å². The molecule has 1 aromatic heterocycles. The maximum atomic E-state index is 4.44. The third kappa shape index (κ3) is 8.74. The molecule has 0 fully saturated rings. The molecule has 0 saturated heterocycles. The van der Waals surface area contributed by atoms with Gasteiger partial charge in [0.25, 0.3) is 0 Å². The molecule has 1 rings (SSSR count). The Morgan fingerprint density at radius 2 is 1.42 bits per heavy atom. The Morgan fingerprint density at radius 1 is 0.842 bits per heavy atom. The van der Waals surface area contributed by atoms with E-state index < -0.39 is 0 Å². The lowest BCUT2D eigenvalue weighted by Gasteiger charge is -2.02. The lowest BCUT2D eigenvalue weighted by Crippen LogP contribution is -1.96. The van der Waals surface area contributed by atoms with E-state index in [1.165, 1.54) is 64.2 Å². The van der Waals surface area contributed by atoms with Crippen LogP contribution in [0.25, 0.3) is 0 Å². The highest BCUT2D eigenvalue weighted by Crippen LogP contribution is 2.11. The largest absolute Gasteiger partial charge is 0.241 e. The van der Waals surface area contributed by atoms with Gasteiger partial charge < -0.3 is 0 Å². The lowest BCUT2D eigenvalue weighted by molar-refractivity contribution is 0.554. The molecule has 2 nitrogen and oxygen atoms in total. The van der Waals surface area contributed by atoms with Gasteiger partial charge in [-0.25, -0.2) is 9.97 Å². The van der Waals surface area contributed by atoms with Crippen LogP contribution in [0.3, 0.4) is 0 Å². The molecule has 0 aliphatic rings. The van der Waals surface area contributed by atoms with Crippen LogP contribution in [-0.4, -0.2) is 9.97 Å². The maximum absolute atomic E-state index is 4.44. The Kier molecular flexibility index (Phi) is 9.30. The summed E-state index contributed by atoms with van der Waals surface area (Å²) in [6, 6.07) is 1.96. The molecule has 0 saturated carbocycles. The van der Waals surface area contributed by atoms with Gasteiger partial charge in [-0.15, -0.1) is 0 Å². The summed E-state index contributed by atoms with van der Waals surface area (Å²) in [4.78, 5) is 8.74. The van der Waals surface area contributed by atoms with Gasteiger partial charge in [-0.1, -0.05) is 64.7 Å². The monoisotopic (exact) mass is 262 g/mol. The highest BCUT2D eigenvalue weighted by molar-refractivity contribution is 4.99. The Morgan fingerprint density at radius 3 is 2.00 bits per heavy atom. The Hall–Kier alpha value is -0.920. The molecule has 19 heavy (non-hydrogen) atoms. The van der Waals surface area contributed by atoms with Crippen LogP contribution < -0.4 is 0 Å². The van der Waals surface area contributed by atoms with Crippen molar-refractivity contribution < 1.29 is 0 Å². The molecular formula is C17H30N2. The number of hydrogen-bond donors (Lipinski definition) is 0. The van der Waals surface area contributed by atoms with Gasteiger partial charge in [0.15, 0.2) is 0 Å². The molecule has 0 aliphatic heterocycles. The van der Waals surface area contributed by atoms with E-state index in [4.69, 9.17) is 0 Å². The van der Waals surface area contributed by atoms with Crippen molar-refractivity contribution in [3.63, 3.8) is 0 Å². The highest BCUT2D eigenvalue weighted by atomic mass is 14.9. The van der Waals surface area contributed by atoms with Crippen LogP contribution >= 0.6 is 0 Å². The zero-order valence-corrected chi connectivity index (χ0v) is 12.8. The molecule has 0 radical (unpaired) electrons. The van der Waals surface area contributed by atoms with Crippen LogP contribution in [0.5, 0.6) is 0 Å². The van der Waals surface area contributed by atoms with Gasteiger partial charge in [-0.05, 0) is 19.4 Å². The summed E-state index contributed by atoms with van der Waals surface area (Å²) in [6.07, 6.45) is 16.7. The molecule has 0 unspecified atom stereocenters. The molecule has 0 atom stereocenters. The van der Waals surface area contributed by atoms with Crippen molar-refractivity contribution in [3.8, 4) is 0 Å². The molecule has 2 heteroatoms. The molecule has 0 N–H and O–H groups in total. The summed E-state index contributed by atoms with van der Waals surface area (Å²) in [7, 11) is 0. The first kappa shape index (κ1) is 16.1. The molecular weight excluding hydrogens is 232 g/mol. The molecule has 0 spiro atoms. The van der Waals surface area contributed by atoms with Crippen LogP contribution in [-0.2, 0) is 6.42 Å². The van der Waals surface area contributed by atoms with Crippen molar-refractivity contribution in [1.29, 1.82) is 0 Å². The first-order valence-electron chi connectivity index (χ1n) is 8.11. The zero-order valence-electron chi connectivity index (χ0n) is 12.8. The maximum Gasteiger partial charge on any atom is 0.128 e. The van der Waals surface area contributed by atoms with E-state index in [2.05, 4.69) is 16.9 Å². The van der Waals surface area contributed by atoms with Crippen LogP contribution in [0.1, 0.15) is 82.7 Å². The summed E-state index contributed by atoms with van der Waals surface area (Å²) in [5, 5.41) is 0. The third-order valence-corrected chi connectivity index (χ3v) is 3.60. The Bertz CT molecular complexity index is 323. The van der Waals surface area contributed by atoms with Gasteiger partial charge in [0, 0.05) is 18.3 Å². The van der Waals surface area contributed by atoms with Crippen LogP contribution in [0.4, 0.5) is 0 Å². The minimum atomic E-state index is 1.01. The smallest absolute Gasteiger partial charge is 0.128 e. The van der Waals surface area contributed by atoms with Crippen molar-refractivity contribution in [2.24, 2.45) is 0 Å². The summed E-state index contributed by atoms with van der Waals surface area (Å²) in [6.45, 7) is 4.31. The predicted molar refractivity (Wildman–Crippen MR) is 82.3 cm³/mol. The van der Waals surface area contributed by atoms with Crippen molar-refractivity contribution in [2.45, 2.75) is 84.5 Å². The lowest BCUT2D eigenvalue weighted by atomic mass is 10.1. The highest BCUT2D eigenvalue weighted by Gasteiger charge is 1.97. The minimum absolute atomic E-state index is 1.01. The first-order chi connectivity index (χ1) is 9.33. The van der Waals surface area contributed by atoms with E-state index in [1.807, 2.05) is 19.2 Å². The molecule has 0 aliphatic carbocycles. The topological polar surface area (TPSA) is 25.8 Å². The normalized spacial score (nSPS) is 10.8. The van der Waals surface area contributed by atoms with Gasteiger partial charge in [-0.3, -0.25) is 0 Å². The number of unbranched alkanes of at least 4 members (excludes halogenated alkanes) is 9. The van der Waals surface area contributed by atoms with E-state index >= 15 is 0 Å². The predicted octanol–water partition coefficient (Wildman–Crippen LogP) is 5.25. The van der Waals surface area contributed by atoms with Crippen LogP contribution in [0.2, 0.25) is 0 Å². The van der Waals surface area contributed by atoms with E-state index in [0.717, 1.165) is 17.9 Å².